The molecule has 6 heteroatoms. The van der Waals surface area contributed by atoms with Crippen LogP contribution in [-0.4, -0.2) is 60.0 Å². The van der Waals surface area contributed by atoms with E-state index in [1.807, 2.05) is 31.2 Å². The van der Waals surface area contributed by atoms with Crippen molar-refractivity contribution in [1.82, 2.24) is 10.2 Å². The number of nitrogens with one attached hydrogen (secondary N) is 1. The van der Waals surface area contributed by atoms with Crippen molar-refractivity contribution >= 4 is 5.91 Å². The third-order valence-electron chi connectivity index (χ3n) is 3.36. The standard InChI is InChI=1S/C16H26N2O4/c1-12(11-19)18(9-13(2)20)10-16(21)17-8-14-5-4-6-15(7-14)22-3/h4-7,12-13,19-20H,8-11H2,1-3H3,(H,17,21). The van der Waals surface area contributed by atoms with Crippen LogP contribution in [0.15, 0.2) is 24.3 Å². The number of hydrogen-bond donors (Lipinski definition) is 3. The van der Waals surface area contributed by atoms with Crippen LogP contribution in [0.3, 0.4) is 0 Å². The molecule has 0 aliphatic carbocycles. The van der Waals surface area contributed by atoms with Crippen molar-refractivity contribution in [2.45, 2.75) is 32.5 Å². The third kappa shape index (κ3) is 6.43. The number of rotatable bonds is 9. The highest BCUT2D eigenvalue weighted by Crippen LogP contribution is 2.12. The summed E-state index contributed by atoms with van der Waals surface area (Å²) in [6.45, 7) is 4.30. The lowest BCUT2D eigenvalue weighted by Gasteiger charge is -2.28. The fraction of sp³-hybridized carbons (Fsp3) is 0.562. The van der Waals surface area contributed by atoms with Gasteiger partial charge in [-0.25, -0.2) is 0 Å². The Balaban J connectivity index is 2.52. The summed E-state index contributed by atoms with van der Waals surface area (Å²) in [5.41, 5.74) is 0.949. The maximum atomic E-state index is 12.0. The fourth-order valence-corrected chi connectivity index (χ4v) is 2.08. The summed E-state index contributed by atoms with van der Waals surface area (Å²) < 4.78 is 5.14. The average molecular weight is 310 g/mol. The molecule has 0 bridgehead atoms. The zero-order valence-electron chi connectivity index (χ0n) is 13.5. The molecule has 1 aromatic carbocycles. The van der Waals surface area contributed by atoms with Gasteiger partial charge in [-0.05, 0) is 31.5 Å². The molecule has 1 rings (SSSR count). The van der Waals surface area contributed by atoms with Gasteiger partial charge in [0, 0.05) is 19.1 Å². The topological polar surface area (TPSA) is 82.0 Å². The first kappa shape index (κ1) is 18.4. The van der Waals surface area contributed by atoms with Crippen molar-refractivity contribution in [3.63, 3.8) is 0 Å². The largest absolute Gasteiger partial charge is 0.497 e. The molecule has 0 saturated carbocycles. The first-order chi connectivity index (χ1) is 10.5. The molecule has 3 N–H and O–H groups in total. The maximum absolute atomic E-state index is 12.0. The molecule has 6 nitrogen and oxygen atoms in total. The highest BCUT2D eigenvalue weighted by Gasteiger charge is 2.18. The van der Waals surface area contributed by atoms with E-state index in [1.165, 1.54) is 0 Å². The Morgan fingerprint density at radius 3 is 2.73 bits per heavy atom. The molecule has 124 valence electrons. The van der Waals surface area contributed by atoms with Crippen LogP contribution in [0.5, 0.6) is 5.75 Å². The molecule has 0 aromatic heterocycles. The SMILES string of the molecule is COc1cccc(CNC(=O)CN(CC(C)O)C(C)CO)c1. The monoisotopic (exact) mass is 310 g/mol. The van der Waals surface area contributed by atoms with Gasteiger partial charge < -0.3 is 20.3 Å². The predicted octanol–water partition coefficient (Wildman–Crippen LogP) is 0.375. The summed E-state index contributed by atoms with van der Waals surface area (Å²) in [4.78, 5) is 13.8. The summed E-state index contributed by atoms with van der Waals surface area (Å²) >= 11 is 0. The number of benzene rings is 1. The zero-order valence-corrected chi connectivity index (χ0v) is 13.5. The van der Waals surface area contributed by atoms with Gasteiger partial charge in [0.05, 0.1) is 26.4 Å². The van der Waals surface area contributed by atoms with Crippen molar-refractivity contribution in [3.8, 4) is 5.75 Å². The predicted molar refractivity (Wildman–Crippen MR) is 84.6 cm³/mol. The van der Waals surface area contributed by atoms with Crippen LogP contribution in [0.2, 0.25) is 0 Å². The van der Waals surface area contributed by atoms with Crippen LogP contribution in [0.4, 0.5) is 0 Å². The lowest BCUT2D eigenvalue weighted by atomic mass is 10.2. The summed E-state index contributed by atoms with van der Waals surface area (Å²) in [5.74, 6) is 0.597. The van der Waals surface area contributed by atoms with Gasteiger partial charge >= 0.3 is 0 Å². The highest BCUT2D eigenvalue weighted by atomic mass is 16.5. The Bertz CT molecular complexity index is 465. The van der Waals surface area contributed by atoms with E-state index >= 15 is 0 Å². The molecular weight excluding hydrogens is 284 g/mol. The Labute approximate surface area is 131 Å². The molecule has 0 aliphatic rings. The van der Waals surface area contributed by atoms with Gasteiger partial charge in [-0.3, -0.25) is 9.69 Å². The molecule has 2 atom stereocenters. The van der Waals surface area contributed by atoms with E-state index in [-0.39, 0.29) is 25.1 Å². The van der Waals surface area contributed by atoms with E-state index in [0.29, 0.717) is 13.1 Å². The summed E-state index contributed by atoms with van der Waals surface area (Å²) in [5, 5.41) is 21.5. The maximum Gasteiger partial charge on any atom is 0.234 e. The van der Waals surface area contributed by atoms with E-state index in [1.54, 1.807) is 18.9 Å². The van der Waals surface area contributed by atoms with Crippen LogP contribution in [0, 0.1) is 0 Å². The van der Waals surface area contributed by atoms with Gasteiger partial charge in [-0.15, -0.1) is 0 Å². The van der Waals surface area contributed by atoms with Gasteiger partial charge in [-0.1, -0.05) is 12.1 Å². The summed E-state index contributed by atoms with van der Waals surface area (Å²) in [6, 6.07) is 7.31. The minimum atomic E-state index is -0.555. The first-order valence-electron chi connectivity index (χ1n) is 7.38. The minimum absolute atomic E-state index is 0.0596. The van der Waals surface area contributed by atoms with E-state index in [9.17, 15) is 15.0 Å². The van der Waals surface area contributed by atoms with Crippen molar-refractivity contribution in [3.05, 3.63) is 29.8 Å². The zero-order chi connectivity index (χ0) is 16.5. The molecule has 1 aromatic rings. The molecule has 0 spiro atoms. The highest BCUT2D eigenvalue weighted by molar-refractivity contribution is 5.78. The van der Waals surface area contributed by atoms with Crippen LogP contribution in [0.1, 0.15) is 19.4 Å². The molecule has 0 heterocycles. The Hall–Kier alpha value is -1.63. The van der Waals surface area contributed by atoms with E-state index < -0.39 is 6.10 Å². The second-order valence-corrected chi connectivity index (χ2v) is 5.44. The van der Waals surface area contributed by atoms with Crippen LogP contribution in [0.25, 0.3) is 0 Å². The lowest BCUT2D eigenvalue weighted by molar-refractivity contribution is -0.123. The molecule has 1 amide bonds. The second kappa shape index (κ2) is 9.40. The molecule has 0 saturated heterocycles. The Kier molecular flexibility index (Phi) is 7.87. The van der Waals surface area contributed by atoms with Crippen LogP contribution in [-0.2, 0) is 11.3 Å². The second-order valence-electron chi connectivity index (χ2n) is 5.44. The van der Waals surface area contributed by atoms with Crippen molar-refractivity contribution < 1.29 is 19.7 Å². The number of carbonyl (C=O) groups excluding carboxylic acids is 1. The normalized spacial score (nSPS) is 13.7. The van der Waals surface area contributed by atoms with Crippen molar-refractivity contribution in [1.29, 1.82) is 0 Å². The number of ether oxygens (including phenoxy) is 1. The molecule has 2 unspecified atom stereocenters. The van der Waals surface area contributed by atoms with Crippen LogP contribution < -0.4 is 10.1 Å². The molecule has 0 aliphatic heterocycles. The lowest BCUT2D eigenvalue weighted by Crippen LogP contribution is -2.46. The number of hydrogen-bond acceptors (Lipinski definition) is 5. The third-order valence-corrected chi connectivity index (χ3v) is 3.36. The Morgan fingerprint density at radius 2 is 2.14 bits per heavy atom. The van der Waals surface area contributed by atoms with Crippen molar-refractivity contribution in [2.24, 2.45) is 0 Å². The molecule has 22 heavy (non-hydrogen) atoms. The van der Waals surface area contributed by atoms with E-state index in [2.05, 4.69) is 5.32 Å². The van der Waals surface area contributed by atoms with Crippen LogP contribution >= 0.6 is 0 Å². The van der Waals surface area contributed by atoms with Crippen molar-refractivity contribution in [2.75, 3.05) is 26.8 Å². The Morgan fingerprint density at radius 1 is 1.41 bits per heavy atom. The van der Waals surface area contributed by atoms with E-state index in [4.69, 9.17) is 4.74 Å². The molecular formula is C16H26N2O4. The summed E-state index contributed by atoms with van der Waals surface area (Å²) in [6.07, 6.45) is -0.555. The average Bonchev–Trinajstić information content (AvgIpc) is 2.51. The number of carbonyl (C=O) groups is 1. The summed E-state index contributed by atoms with van der Waals surface area (Å²) in [7, 11) is 1.60. The van der Waals surface area contributed by atoms with Gasteiger partial charge in [0.2, 0.25) is 5.91 Å². The van der Waals surface area contributed by atoms with E-state index in [0.717, 1.165) is 11.3 Å². The molecule has 0 fully saturated rings. The van der Waals surface area contributed by atoms with Gasteiger partial charge in [0.15, 0.2) is 0 Å². The number of aliphatic hydroxyl groups is 2. The smallest absolute Gasteiger partial charge is 0.234 e. The number of methoxy groups -OCH3 is 1. The van der Waals surface area contributed by atoms with Gasteiger partial charge in [-0.2, -0.15) is 0 Å². The quantitative estimate of drug-likeness (QED) is 0.614. The minimum Gasteiger partial charge on any atom is -0.497 e. The number of nitrogens with zero attached hydrogens (tertiary/aromatic N) is 1. The first-order valence-corrected chi connectivity index (χ1v) is 7.38. The fourth-order valence-electron chi connectivity index (χ4n) is 2.08. The number of amides is 1. The number of aliphatic hydroxyl groups excluding tert-OH is 2. The van der Waals surface area contributed by atoms with Gasteiger partial charge in [0.1, 0.15) is 5.75 Å². The van der Waals surface area contributed by atoms with Gasteiger partial charge in [0.25, 0.3) is 0 Å². The molecule has 0 radical (unpaired) electrons.